The van der Waals surface area contributed by atoms with Gasteiger partial charge >= 0.3 is 0 Å². The molecule has 1 aliphatic rings. The fourth-order valence-electron chi connectivity index (χ4n) is 5.71. The summed E-state index contributed by atoms with van der Waals surface area (Å²) in [6, 6.07) is 24.9. The summed E-state index contributed by atoms with van der Waals surface area (Å²) in [7, 11) is 6.78. The van der Waals surface area contributed by atoms with Crippen molar-refractivity contribution in [1.82, 2.24) is 24.4 Å². The monoisotopic (exact) mass is 640 g/mol. The van der Waals surface area contributed by atoms with Crippen molar-refractivity contribution in [3.63, 3.8) is 0 Å². The molecule has 3 heterocycles. The molecule has 0 radical (unpaired) electrons. The Morgan fingerprint density at radius 3 is 2.11 bits per heavy atom. The van der Waals surface area contributed by atoms with Crippen molar-refractivity contribution in [2.24, 2.45) is 4.99 Å². The number of nitrogens with one attached hydrogen (secondary N) is 1. The first-order valence-electron chi connectivity index (χ1n) is 14.9. The number of fused-ring (bicyclic) bond motifs is 1. The van der Waals surface area contributed by atoms with Crippen molar-refractivity contribution < 1.29 is 29.2 Å². The van der Waals surface area contributed by atoms with Gasteiger partial charge < -0.3 is 34.1 Å². The van der Waals surface area contributed by atoms with Crippen LogP contribution in [0.2, 0.25) is 0 Å². The van der Waals surface area contributed by atoms with Crippen LogP contribution in [0.15, 0.2) is 95.0 Å². The van der Waals surface area contributed by atoms with Crippen LogP contribution in [0.25, 0.3) is 11.2 Å². The molecule has 0 spiro atoms. The number of nitrogens with zero attached hydrogens (tertiary/aromatic N) is 5. The Morgan fingerprint density at radius 2 is 1.53 bits per heavy atom. The predicted molar refractivity (Wildman–Crippen MR) is 174 cm³/mol. The van der Waals surface area contributed by atoms with Crippen LogP contribution in [0.4, 0.5) is 5.95 Å². The van der Waals surface area contributed by atoms with Gasteiger partial charge in [-0.2, -0.15) is 4.98 Å². The average Bonchev–Trinajstić information content (AvgIpc) is 3.65. The van der Waals surface area contributed by atoms with Gasteiger partial charge in [-0.1, -0.05) is 54.6 Å². The molecule has 5 aromatic rings. The first kappa shape index (κ1) is 31.9. The molecular weight excluding hydrogens is 604 g/mol. The highest BCUT2D eigenvalue weighted by atomic mass is 16.6. The second-order valence-electron chi connectivity index (χ2n) is 11.3. The highest BCUT2D eigenvalue weighted by Crippen LogP contribution is 2.43. The van der Waals surface area contributed by atoms with Crippen molar-refractivity contribution in [1.29, 1.82) is 0 Å². The van der Waals surface area contributed by atoms with Gasteiger partial charge in [0.25, 0.3) is 5.56 Å². The summed E-state index contributed by atoms with van der Waals surface area (Å²) < 4.78 is 25.4. The van der Waals surface area contributed by atoms with Crippen LogP contribution in [0.3, 0.4) is 0 Å². The Bertz CT molecular complexity index is 1840. The van der Waals surface area contributed by atoms with Gasteiger partial charge in [-0.25, -0.2) is 9.98 Å². The summed E-state index contributed by atoms with van der Waals surface area (Å²) in [5.41, 5.74) is 0.951. The second-order valence-corrected chi connectivity index (χ2v) is 11.3. The maximum atomic E-state index is 12.7. The van der Waals surface area contributed by atoms with Crippen LogP contribution in [-0.2, 0) is 15.1 Å². The minimum absolute atomic E-state index is 0.0425. The maximum absolute atomic E-state index is 12.7. The molecular formula is C34H36N6O7. The van der Waals surface area contributed by atoms with Crippen molar-refractivity contribution in [2.75, 3.05) is 34.9 Å². The smallest absolute Gasteiger partial charge is 0.280 e. The first-order valence-corrected chi connectivity index (χ1v) is 14.9. The lowest BCUT2D eigenvalue weighted by atomic mass is 9.80. The number of ether oxygens (including phenoxy) is 4. The van der Waals surface area contributed by atoms with Crippen LogP contribution >= 0.6 is 0 Å². The minimum Gasteiger partial charge on any atom is -0.497 e. The number of methoxy groups -OCH3 is 2. The third-order valence-electron chi connectivity index (χ3n) is 8.08. The number of aliphatic hydroxyl groups is 2. The van der Waals surface area contributed by atoms with E-state index in [0.29, 0.717) is 11.5 Å². The van der Waals surface area contributed by atoms with Gasteiger partial charge in [0, 0.05) is 14.1 Å². The molecule has 1 saturated heterocycles. The second kappa shape index (κ2) is 13.3. The van der Waals surface area contributed by atoms with Gasteiger partial charge in [0.15, 0.2) is 17.4 Å². The van der Waals surface area contributed by atoms with E-state index in [1.165, 1.54) is 17.2 Å². The van der Waals surface area contributed by atoms with Gasteiger partial charge in [-0.3, -0.25) is 14.3 Å². The van der Waals surface area contributed by atoms with Crippen molar-refractivity contribution in [2.45, 2.75) is 30.1 Å². The molecule has 6 rings (SSSR count). The number of H-pyrrole nitrogens is 1. The number of hydrogen-bond donors (Lipinski definition) is 3. The Labute approximate surface area is 270 Å². The summed E-state index contributed by atoms with van der Waals surface area (Å²) in [4.78, 5) is 29.8. The molecule has 47 heavy (non-hydrogen) atoms. The van der Waals surface area contributed by atoms with Crippen LogP contribution < -0.4 is 15.0 Å². The standard InChI is InChI=1S/C34H36N6O7/c1-39(2)19-36-33-37-30-27(31(43)38-33)35-20-40(30)32-29(42)28(41)26(47-32)18-46-34(21-8-6-5-7-9-21,22-10-14-24(44-3)15-11-22)23-12-16-25(45-4)17-13-23/h5-17,19-20,26,28-29,32,41-42H,18H2,1-4H3,(H,37,38,43). The highest BCUT2D eigenvalue weighted by Gasteiger charge is 2.47. The van der Waals surface area contributed by atoms with Crippen molar-refractivity contribution >= 4 is 23.5 Å². The fraction of sp³-hybridized carbons (Fsp3) is 0.294. The lowest BCUT2D eigenvalue weighted by Gasteiger charge is -2.37. The molecule has 4 atom stereocenters. The van der Waals surface area contributed by atoms with Crippen LogP contribution in [0.1, 0.15) is 22.9 Å². The van der Waals surface area contributed by atoms with Crippen molar-refractivity contribution in [3.05, 3.63) is 112 Å². The molecule has 2 aromatic heterocycles. The van der Waals surface area contributed by atoms with Crippen molar-refractivity contribution in [3.8, 4) is 11.5 Å². The first-order chi connectivity index (χ1) is 22.7. The number of aliphatic hydroxyl groups excluding tert-OH is 2. The molecule has 13 heteroatoms. The molecule has 3 aromatic carbocycles. The lowest BCUT2D eigenvalue weighted by molar-refractivity contribution is -0.0942. The van der Waals surface area contributed by atoms with Gasteiger partial charge in [-0.15, -0.1) is 0 Å². The third kappa shape index (κ3) is 6.09. The van der Waals surface area contributed by atoms with E-state index in [1.54, 1.807) is 33.2 Å². The van der Waals surface area contributed by atoms with Crippen LogP contribution in [0.5, 0.6) is 11.5 Å². The zero-order valence-corrected chi connectivity index (χ0v) is 26.3. The van der Waals surface area contributed by atoms with E-state index in [4.69, 9.17) is 18.9 Å². The highest BCUT2D eigenvalue weighted by molar-refractivity contribution is 5.71. The quantitative estimate of drug-likeness (QED) is 0.111. The number of aromatic nitrogens is 4. The van der Waals surface area contributed by atoms with Gasteiger partial charge in [-0.05, 0) is 41.0 Å². The zero-order valence-electron chi connectivity index (χ0n) is 26.3. The molecule has 3 N–H and O–H groups in total. The Balaban J connectivity index is 1.37. The molecule has 1 aliphatic heterocycles. The summed E-state index contributed by atoms with van der Waals surface area (Å²) in [6.45, 7) is -0.124. The lowest BCUT2D eigenvalue weighted by Crippen LogP contribution is -2.39. The van der Waals surface area contributed by atoms with E-state index in [0.717, 1.165) is 16.7 Å². The van der Waals surface area contributed by atoms with E-state index >= 15 is 0 Å². The van der Waals surface area contributed by atoms with E-state index in [9.17, 15) is 15.0 Å². The maximum Gasteiger partial charge on any atom is 0.280 e. The molecule has 0 aliphatic carbocycles. The number of rotatable bonds is 11. The molecule has 13 nitrogen and oxygen atoms in total. The molecule has 1 fully saturated rings. The summed E-state index contributed by atoms with van der Waals surface area (Å²) in [5, 5.41) is 22.5. The Kier molecular flexibility index (Phi) is 9.05. The summed E-state index contributed by atoms with van der Waals surface area (Å²) in [5.74, 6) is 1.42. The molecule has 4 unspecified atom stereocenters. The molecule has 244 valence electrons. The topological polar surface area (TPSA) is 157 Å². The molecule has 0 bridgehead atoms. The summed E-state index contributed by atoms with van der Waals surface area (Å²) >= 11 is 0. The number of imidazole rings is 1. The fourth-order valence-corrected chi connectivity index (χ4v) is 5.71. The largest absolute Gasteiger partial charge is 0.497 e. The number of aromatic amines is 1. The molecule has 0 amide bonds. The molecule has 0 saturated carbocycles. The zero-order chi connectivity index (χ0) is 33.1. The Morgan fingerprint density at radius 1 is 0.936 bits per heavy atom. The summed E-state index contributed by atoms with van der Waals surface area (Å²) in [6.07, 6.45) is -1.97. The normalized spacial score (nSPS) is 19.8. The van der Waals surface area contributed by atoms with Crippen LogP contribution in [0, 0.1) is 0 Å². The third-order valence-corrected chi connectivity index (χ3v) is 8.08. The Hall–Kier alpha value is -5.08. The average molecular weight is 641 g/mol. The van der Waals surface area contributed by atoms with Gasteiger partial charge in [0.1, 0.15) is 35.4 Å². The number of hydrogen-bond acceptors (Lipinski definition) is 10. The predicted octanol–water partition coefficient (Wildman–Crippen LogP) is 2.99. The minimum atomic E-state index is -1.39. The number of aliphatic imine (C=N–C) groups is 1. The van der Waals surface area contributed by atoms with E-state index in [1.807, 2.05) is 78.9 Å². The van der Waals surface area contributed by atoms with E-state index in [2.05, 4.69) is 19.9 Å². The van der Waals surface area contributed by atoms with Gasteiger partial charge in [0.05, 0.1) is 33.5 Å². The van der Waals surface area contributed by atoms with Gasteiger partial charge in [0.2, 0.25) is 5.95 Å². The SMILES string of the molecule is COc1ccc(C(OCC2OC(n3cnc4c(=O)[nH]c(N=CN(C)C)nc43)C(O)C2O)(c2ccccc2)c2ccc(OC)cc2)cc1. The van der Waals surface area contributed by atoms with E-state index in [-0.39, 0.29) is 23.7 Å². The van der Waals surface area contributed by atoms with Crippen LogP contribution in [-0.4, -0.2) is 94.2 Å². The van der Waals surface area contributed by atoms with E-state index < -0.39 is 35.7 Å². The number of benzene rings is 3.